The van der Waals surface area contributed by atoms with Crippen LogP contribution < -0.4 is 15.4 Å². The maximum atomic E-state index is 12.8. The molecule has 2 heterocycles. The molecular weight excluding hydrogens is 491 g/mol. The Morgan fingerprint density at radius 2 is 1.94 bits per heavy atom. The van der Waals surface area contributed by atoms with Crippen LogP contribution in [0.1, 0.15) is 47.5 Å². The average Bonchev–Trinajstić information content (AvgIpc) is 3.59. The number of nitrogens with zero attached hydrogens (tertiary/aromatic N) is 1. The molecule has 6 nitrogen and oxygen atoms in total. The minimum Gasteiger partial charge on any atom is -0.406 e. The van der Waals surface area contributed by atoms with Crippen LogP contribution in [0, 0.1) is 5.92 Å². The molecule has 4 rings (SSSR count). The summed E-state index contributed by atoms with van der Waals surface area (Å²) in [6.45, 7) is 2.08. The number of amides is 1. The Balaban J connectivity index is 1.45. The smallest absolute Gasteiger partial charge is 0.406 e. The van der Waals surface area contributed by atoms with Gasteiger partial charge in [0.1, 0.15) is 11.6 Å². The Morgan fingerprint density at radius 3 is 2.59 bits per heavy atom. The standard InChI is InChI=1S/C22H23BrF3N3O3/c23-18-9-15(32-22(24,25)26)3-4-19(18)29-20-10-16(14-1-2-14)17(12-27-20)21(30)28-11-13-5-7-31-8-6-13/h3-4,9-10,12-14H,1-2,5-8,11H2,(H,27,29)(H,28,30). The summed E-state index contributed by atoms with van der Waals surface area (Å²) in [6.07, 6.45) is 0.714. The summed E-state index contributed by atoms with van der Waals surface area (Å²) in [6, 6.07) is 5.77. The SMILES string of the molecule is O=C(NCC1CCOCC1)c1cnc(Nc2ccc(OC(F)(F)F)cc2Br)cc1C1CC1. The van der Waals surface area contributed by atoms with Crippen molar-refractivity contribution in [2.45, 2.75) is 38.0 Å². The Hall–Kier alpha value is -2.33. The Morgan fingerprint density at radius 1 is 1.19 bits per heavy atom. The van der Waals surface area contributed by atoms with Gasteiger partial charge in [-0.3, -0.25) is 4.79 Å². The maximum Gasteiger partial charge on any atom is 0.573 e. The van der Waals surface area contributed by atoms with Crippen molar-refractivity contribution in [2.24, 2.45) is 5.92 Å². The van der Waals surface area contributed by atoms with Crippen LogP contribution in [0.5, 0.6) is 5.75 Å². The van der Waals surface area contributed by atoms with Gasteiger partial charge in [-0.05, 0) is 83.3 Å². The second kappa shape index (κ2) is 9.66. The van der Waals surface area contributed by atoms with E-state index in [0.29, 0.717) is 39.9 Å². The molecule has 172 valence electrons. The number of benzene rings is 1. The first-order valence-electron chi connectivity index (χ1n) is 10.5. The van der Waals surface area contributed by atoms with Crippen molar-refractivity contribution in [1.82, 2.24) is 10.3 Å². The van der Waals surface area contributed by atoms with Gasteiger partial charge in [0.25, 0.3) is 5.91 Å². The minimum absolute atomic E-state index is 0.132. The van der Waals surface area contributed by atoms with Crippen molar-refractivity contribution in [3.05, 3.63) is 46.1 Å². The van der Waals surface area contributed by atoms with Crippen LogP contribution in [-0.2, 0) is 4.74 Å². The third-order valence-electron chi connectivity index (χ3n) is 5.53. The molecular formula is C22H23BrF3N3O3. The fourth-order valence-electron chi connectivity index (χ4n) is 3.68. The van der Waals surface area contributed by atoms with Crippen LogP contribution in [0.2, 0.25) is 0 Å². The number of alkyl halides is 3. The van der Waals surface area contributed by atoms with E-state index < -0.39 is 6.36 Å². The lowest BCUT2D eigenvalue weighted by atomic mass is 10.00. The van der Waals surface area contributed by atoms with Gasteiger partial charge in [0.05, 0.1) is 11.3 Å². The molecule has 2 fully saturated rings. The van der Waals surface area contributed by atoms with E-state index in [9.17, 15) is 18.0 Å². The van der Waals surface area contributed by atoms with Crippen molar-refractivity contribution in [1.29, 1.82) is 0 Å². The first-order chi connectivity index (χ1) is 15.3. The van der Waals surface area contributed by atoms with Gasteiger partial charge in [-0.1, -0.05) is 0 Å². The number of nitrogens with one attached hydrogen (secondary N) is 2. The van der Waals surface area contributed by atoms with Crippen LogP contribution in [0.4, 0.5) is 24.7 Å². The number of hydrogen-bond donors (Lipinski definition) is 2. The van der Waals surface area contributed by atoms with Crippen molar-refractivity contribution in [3.8, 4) is 5.75 Å². The fraction of sp³-hybridized carbons (Fsp3) is 0.455. The van der Waals surface area contributed by atoms with Crippen LogP contribution in [0.15, 0.2) is 34.9 Å². The molecule has 0 radical (unpaired) electrons. The molecule has 1 aromatic heterocycles. The fourth-order valence-corrected chi connectivity index (χ4v) is 4.13. The maximum absolute atomic E-state index is 12.8. The summed E-state index contributed by atoms with van der Waals surface area (Å²) < 4.78 is 46.9. The Labute approximate surface area is 192 Å². The molecule has 0 unspecified atom stereocenters. The zero-order valence-electron chi connectivity index (χ0n) is 17.2. The first-order valence-corrected chi connectivity index (χ1v) is 11.3. The highest BCUT2D eigenvalue weighted by atomic mass is 79.9. The summed E-state index contributed by atoms with van der Waals surface area (Å²) in [5.41, 5.74) is 2.03. The molecule has 10 heteroatoms. The molecule has 1 saturated carbocycles. The van der Waals surface area contributed by atoms with Crippen molar-refractivity contribution >= 4 is 33.3 Å². The zero-order chi connectivity index (χ0) is 22.7. The van der Waals surface area contributed by atoms with Crippen LogP contribution in [0.3, 0.4) is 0 Å². The largest absolute Gasteiger partial charge is 0.573 e. The van der Waals surface area contributed by atoms with E-state index in [4.69, 9.17) is 4.74 Å². The summed E-state index contributed by atoms with van der Waals surface area (Å²) in [4.78, 5) is 17.2. The van der Waals surface area contributed by atoms with E-state index in [1.165, 1.54) is 18.2 Å². The van der Waals surface area contributed by atoms with E-state index in [-0.39, 0.29) is 11.7 Å². The lowest BCUT2D eigenvalue weighted by Gasteiger charge is -2.22. The van der Waals surface area contributed by atoms with E-state index in [2.05, 4.69) is 36.3 Å². The quantitative estimate of drug-likeness (QED) is 0.509. The number of carbonyl (C=O) groups is 1. The number of ether oxygens (including phenoxy) is 2. The molecule has 0 spiro atoms. The van der Waals surface area contributed by atoms with E-state index in [0.717, 1.165) is 44.5 Å². The Kier molecular flexibility index (Phi) is 6.90. The van der Waals surface area contributed by atoms with Gasteiger partial charge in [0, 0.05) is 30.4 Å². The highest BCUT2D eigenvalue weighted by molar-refractivity contribution is 9.10. The summed E-state index contributed by atoms with van der Waals surface area (Å²) in [7, 11) is 0. The Bertz CT molecular complexity index is 977. The molecule has 2 N–H and O–H groups in total. The summed E-state index contributed by atoms with van der Waals surface area (Å²) >= 11 is 3.26. The molecule has 0 bridgehead atoms. The molecule has 1 aliphatic heterocycles. The number of aromatic nitrogens is 1. The van der Waals surface area contributed by atoms with Crippen molar-refractivity contribution < 1.29 is 27.4 Å². The van der Waals surface area contributed by atoms with E-state index in [1.54, 1.807) is 6.20 Å². The number of hydrogen-bond acceptors (Lipinski definition) is 5. The van der Waals surface area contributed by atoms with Crippen molar-refractivity contribution in [2.75, 3.05) is 25.1 Å². The second-order valence-corrected chi connectivity index (χ2v) is 8.87. The normalized spacial score (nSPS) is 17.1. The minimum atomic E-state index is -4.75. The van der Waals surface area contributed by atoms with Gasteiger partial charge in [0.2, 0.25) is 0 Å². The molecule has 1 aromatic carbocycles. The van der Waals surface area contributed by atoms with Gasteiger partial charge in [-0.2, -0.15) is 0 Å². The lowest BCUT2D eigenvalue weighted by Crippen LogP contribution is -2.32. The van der Waals surface area contributed by atoms with Gasteiger partial charge in [-0.25, -0.2) is 4.98 Å². The number of carbonyl (C=O) groups excluding carboxylic acids is 1. The highest BCUT2D eigenvalue weighted by Gasteiger charge is 2.31. The average molecular weight is 514 g/mol. The predicted molar refractivity (Wildman–Crippen MR) is 116 cm³/mol. The molecule has 2 aliphatic rings. The predicted octanol–water partition coefficient (Wildman–Crippen LogP) is 5.52. The first kappa shape index (κ1) is 22.8. The van der Waals surface area contributed by atoms with Crippen LogP contribution in [0.25, 0.3) is 0 Å². The van der Waals surface area contributed by atoms with Crippen LogP contribution >= 0.6 is 15.9 Å². The summed E-state index contributed by atoms with van der Waals surface area (Å²) in [5, 5.41) is 6.12. The lowest BCUT2D eigenvalue weighted by molar-refractivity contribution is -0.274. The summed E-state index contributed by atoms with van der Waals surface area (Å²) in [5.74, 6) is 0.796. The number of rotatable bonds is 7. The van der Waals surface area contributed by atoms with Crippen molar-refractivity contribution in [3.63, 3.8) is 0 Å². The molecule has 2 aromatic rings. The van der Waals surface area contributed by atoms with Crippen LogP contribution in [-0.4, -0.2) is 37.0 Å². The molecule has 32 heavy (non-hydrogen) atoms. The monoisotopic (exact) mass is 513 g/mol. The third-order valence-corrected chi connectivity index (χ3v) is 6.18. The topological polar surface area (TPSA) is 72.5 Å². The molecule has 0 atom stereocenters. The van der Waals surface area contributed by atoms with E-state index >= 15 is 0 Å². The van der Waals surface area contributed by atoms with E-state index in [1.807, 2.05) is 6.07 Å². The molecule has 1 saturated heterocycles. The van der Waals surface area contributed by atoms with Gasteiger partial charge < -0.3 is 20.1 Å². The van der Waals surface area contributed by atoms with Gasteiger partial charge in [-0.15, -0.1) is 13.2 Å². The third kappa shape index (κ3) is 6.13. The number of halogens is 4. The number of anilines is 2. The second-order valence-electron chi connectivity index (χ2n) is 8.01. The zero-order valence-corrected chi connectivity index (χ0v) is 18.8. The highest BCUT2D eigenvalue weighted by Crippen LogP contribution is 2.42. The molecule has 1 amide bonds. The van der Waals surface area contributed by atoms with Gasteiger partial charge in [0.15, 0.2) is 0 Å². The number of pyridine rings is 1. The van der Waals surface area contributed by atoms with Gasteiger partial charge >= 0.3 is 6.36 Å². The molecule has 1 aliphatic carbocycles.